The van der Waals surface area contributed by atoms with Crippen LogP contribution in [-0.4, -0.2) is 0 Å². The molecule has 1 spiro atoms. The summed E-state index contributed by atoms with van der Waals surface area (Å²) in [5.74, 6) is 0. The van der Waals surface area contributed by atoms with Crippen LogP contribution in [0.1, 0.15) is 75.1 Å². The van der Waals surface area contributed by atoms with E-state index in [1.165, 1.54) is 82.2 Å². The van der Waals surface area contributed by atoms with Crippen molar-refractivity contribution in [3.8, 4) is 33.4 Å². The Morgan fingerprint density at radius 1 is 0.404 bits per heavy atom. The van der Waals surface area contributed by atoms with Gasteiger partial charge in [0.1, 0.15) is 0 Å². The molecular formula is C47H46. The van der Waals surface area contributed by atoms with E-state index in [9.17, 15) is 0 Å². The molecule has 0 radical (unpaired) electrons. The van der Waals surface area contributed by atoms with Crippen molar-refractivity contribution in [2.24, 2.45) is 0 Å². The van der Waals surface area contributed by atoms with Crippen LogP contribution in [0.2, 0.25) is 0 Å². The predicted molar refractivity (Wildman–Crippen MR) is 204 cm³/mol. The van der Waals surface area contributed by atoms with Crippen molar-refractivity contribution in [3.05, 3.63) is 180 Å². The summed E-state index contributed by atoms with van der Waals surface area (Å²) in [6.07, 6.45) is 9.06. The highest BCUT2D eigenvalue weighted by Crippen LogP contribution is 2.50. The Kier molecular flexibility index (Phi) is 10.3. The van der Waals surface area contributed by atoms with Gasteiger partial charge in [-0.05, 0) is 99.2 Å². The van der Waals surface area contributed by atoms with Gasteiger partial charge in [0.15, 0.2) is 0 Å². The fourth-order valence-electron chi connectivity index (χ4n) is 7.47. The Morgan fingerprint density at radius 2 is 0.809 bits per heavy atom. The van der Waals surface area contributed by atoms with Crippen molar-refractivity contribution in [1.29, 1.82) is 0 Å². The van der Waals surface area contributed by atoms with E-state index in [2.05, 4.69) is 171 Å². The third kappa shape index (κ3) is 6.93. The number of hydrogen-bond donors (Lipinski definition) is 0. The summed E-state index contributed by atoms with van der Waals surface area (Å²) in [7, 11) is 0. The smallest absolute Gasteiger partial charge is 0.0214 e. The lowest BCUT2D eigenvalue weighted by Crippen LogP contribution is -2.31. The minimum absolute atomic E-state index is 0.236. The summed E-state index contributed by atoms with van der Waals surface area (Å²) < 4.78 is 0. The standard InChI is InChI=1S/C24H18.C21H22.C2H6/c1-4-10-19(11-5-1)22-16-23(20-12-6-2-7-13-20)18-24(17-22)21-14-8-3-9-15-21;1-16-15-17-9-3-5-11-19(17)21(13-7-2-8-14-21)20-12-6-4-10-18(16)20;1-2/h1-18H;3-6,9-12,15H,2,7-8,13-14H2,1H3;1-2H3. The van der Waals surface area contributed by atoms with E-state index < -0.39 is 0 Å². The van der Waals surface area contributed by atoms with Gasteiger partial charge in [-0.1, -0.05) is 179 Å². The maximum Gasteiger partial charge on any atom is 0.0214 e. The first-order valence-corrected chi connectivity index (χ1v) is 17.4. The number of rotatable bonds is 3. The molecule has 8 rings (SSSR count). The summed E-state index contributed by atoms with van der Waals surface area (Å²) in [5, 5.41) is 0. The fraction of sp³-hybridized carbons (Fsp3) is 0.191. The number of allylic oxidation sites excluding steroid dienone is 1. The van der Waals surface area contributed by atoms with Crippen LogP contribution in [0.3, 0.4) is 0 Å². The van der Waals surface area contributed by atoms with E-state index >= 15 is 0 Å². The average molecular weight is 611 g/mol. The number of hydrogen-bond acceptors (Lipinski definition) is 0. The third-order valence-electron chi connectivity index (χ3n) is 9.68. The fourth-order valence-corrected chi connectivity index (χ4v) is 7.47. The summed E-state index contributed by atoms with van der Waals surface area (Å²) in [4.78, 5) is 0. The quantitative estimate of drug-likeness (QED) is 0.187. The normalized spacial score (nSPS) is 14.1. The zero-order valence-electron chi connectivity index (χ0n) is 28.1. The first kappa shape index (κ1) is 32.0. The van der Waals surface area contributed by atoms with Crippen molar-refractivity contribution in [3.63, 3.8) is 0 Å². The zero-order chi connectivity index (χ0) is 32.5. The summed E-state index contributed by atoms with van der Waals surface area (Å²) >= 11 is 0. The molecular weight excluding hydrogens is 565 g/mol. The second-order valence-electron chi connectivity index (χ2n) is 12.5. The second-order valence-corrected chi connectivity index (χ2v) is 12.5. The van der Waals surface area contributed by atoms with Gasteiger partial charge in [0.2, 0.25) is 0 Å². The van der Waals surface area contributed by atoms with Gasteiger partial charge in [0, 0.05) is 5.41 Å². The molecule has 0 nitrogen and oxygen atoms in total. The molecule has 0 aliphatic heterocycles. The van der Waals surface area contributed by atoms with Crippen molar-refractivity contribution in [1.82, 2.24) is 0 Å². The van der Waals surface area contributed by atoms with Crippen molar-refractivity contribution < 1.29 is 0 Å². The van der Waals surface area contributed by atoms with Gasteiger partial charge < -0.3 is 0 Å². The second kappa shape index (κ2) is 15.1. The van der Waals surface area contributed by atoms with E-state index in [1.807, 2.05) is 13.8 Å². The molecule has 0 heterocycles. The van der Waals surface area contributed by atoms with Crippen LogP contribution in [0.15, 0.2) is 158 Å². The molecule has 0 atom stereocenters. The average Bonchev–Trinajstić information content (AvgIpc) is 3.26. The molecule has 0 N–H and O–H groups in total. The lowest BCUT2D eigenvalue weighted by atomic mass is 9.64. The highest BCUT2D eigenvalue weighted by molar-refractivity contribution is 5.86. The summed E-state index contributed by atoms with van der Waals surface area (Å²) in [6, 6.07) is 56.7. The zero-order valence-corrected chi connectivity index (χ0v) is 28.1. The molecule has 6 aromatic carbocycles. The van der Waals surface area contributed by atoms with Gasteiger partial charge in [-0.3, -0.25) is 0 Å². The Bertz CT molecular complexity index is 1770. The molecule has 0 saturated heterocycles. The predicted octanol–water partition coefficient (Wildman–Crippen LogP) is 13.5. The molecule has 234 valence electrons. The summed E-state index contributed by atoms with van der Waals surface area (Å²) in [5.41, 5.74) is 15.1. The van der Waals surface area contributed by atoms with E-state index in [-0.39, 0.29) is 5.41 Å². The number of fused-ring (bicyclic) bond motifs is 4. The monoisotopic (exact) mass is 610 g/mol. The van der Waals surface area contributed by atoms with Crippen LogP contribution in [0, 0.1) is 0 Å². The van der Waals surface area contributed by atoms with E-state index in [0.29, 0.717) is 0 Å². The molecule has 0 aromatic heterocycles. The maximum absolute atomic E-state index is 2.39. The molecule has 2 aliphatic rings. The minimum atomic E-state index is 0.236. The lowest BCUT2D eigenvalue weighted by molar-refractivity contribution is 0.345. The molecule has 2 aliphatic carbocycles. The Labute approximate surface area is 282 Å². The molecule has 0 bridgehead atoms. The van der Waals surface area contributed by atoms with Crippen LogP contribution < -0.4 is 0 Å². The molecule has 1 fully saturated rings. The first-order chi connectivity index (χ1) is 23.2. The van der Waals surface area contributed by atoms with Crippen LogP contribution >= 0.6 is 0 Å². The highest BCUT2D eigenvalue weighted by atomic mass is 14.4. The van der Waals surface area contributed by atoms with E-state index in [4.69, 9.17) is 0 Å². The molecule has 0 unspecified atom stereocenters. The van der Waals surface area contributed by atoms with Gasteiger partial charge >= 0.3 is 0 Å². The van der Waals surface area contributed by atoms with Crippen LogP contribution in [0.5, 0.6) is 0 Å². The topological polar surface area (TPSA) is 0 Å². The maximum atomic E-state index is 2.39. The minimum Gasteiger partial charge on any atom is -0.0683 e. The third-order valence-corrected chi connectivity index (χ3v) is 9.68. The first-order valence-electron chi connectivity index (χ1n) is 17.4. The van der Waals surface area contributed by atoms with Crippen LogP contribution in [-0.2, 0) is 5.41 Å². The molecule has 47 heavy (non-hydrogen) atoms. The van der Waals surface area contributed by atoms with E-state index in [1.54, 1.807) is 11.1 Å². The molecule has 1 saturated carbocycles. The van der Waals surface area contributed by atoms with Gasteiger partial charge in [0.05, 0.1) is 0 Å². The molecule has 0 heteroatoms. The van der Waals surface area contributed by atoms with Crippen molar-refractivity contribution >= 4 is 11.6 Å². The molecule has 0 amide bonds. The number of benzene rings is 6. The van der Waals surface area contributed by atoms with Crippen LogP contribution in [0.4, 0.5) is 0 Å². The Balaban J connectivity index is 0.000000157. The summed E-state index contributed by atoms with van der Waals surface area (Å²) in [6.45, 7) is 6.26. The Morgan fingerprint density at radius 3 is 1.30 bits per heavy atom. The Hall–Kier alpha value is -4.94. The van der Waals surface area contributed by atoms with Crippen molar-refractivity contribution in [2.45, 2.75) is 58.3 Å². The van der Waals surface area contributed by atoms with Gasteiger partial charge in [-0.25, -0.2) is 0 Å². The lowest BCUT2D eigenvalue weighted by Gasteiger charge is -2.40. The van der Waals surface area contributed by atoms with E-state index in [0.717, 1.165) is 0 Å². The van der Waals surface area contributed by atoms with Crippen LogP contribution in [0.25, 0.3) is 45.0 Å². The SMILES string of the molecule is CC.CC1=Cc2ccccc2C2(CCCCC2)c2ccccc21.c1ccc(-c2cc(-c3ccccc3)cc(-c3ccccc3)c2)cc1. The van der Waals surface area contributed by atoms with Gasteiger partial charge in [-0.15, -0.1) is 0 Å². The highest BCUT2D eigenvalue weighted by Gasteiger charge is 2.39. The van der Waals surface area contributed by atoms with Gasteiger partial charge in [0.25, 0.3) is 0 Å². The van der Waals surface area contributed by atoms with Gasteiger partial charge in [-0.2, -0.15) is 0 Å². The van der Waals surface area contributed by atoms with Crippen molar-refractivity contribution in [2.75, 3.05) is 0 Å². The largest absolute Gasteiger partial charge is 0.0683 e. The molecule has 6 aromatic rings.